The van der Waals surface area contributed by atoms with Crippen LogP contribution in [0.15, 0.2) is 36.9 Å². The van der Waals surface area contributed by atoms with Crippen LogP contribution in [0.4, 0.5) is 5.69 Å². The van der Waals surface area contributed by atoms with Crippen LogP contribution in [-0.4, -0.2) is 55.7 Å². The molecule has 10 heteroatoms. The Balaban J connectivity index is 1.36. The average Bonchev–Trinajstić information content (AvgIpc) is 3.59. The van der Waals surface area contributed by atoms with Crippen LogP contribution in [0.2, 0.25) is 0 Å². The van der Waals surface area contributed by atoms with Crippen molar-refractivity contribution < 1.29 is 19.0 Å². The first-order chi connectivity index (χ1) is 16.8. The third kappa shape index (κ3) is 3.59. The van der Waals surface area contributed by atoms with Crippen molar-refractivity contribution in [2.45, 2.75) is 57.3 Å². The summed E-state index contributed by atoms with van der Waals surface area (Å²) in [7, 11) is 1.56. The maximum atomic E-state index is 13.4. The Kier molecular flexibility index (Phi) is 4.79. The first kappa shape index (κ1) is 21.8. The lowest BCUT2D eigenvalue weighted by Crippen LogP contribution is -2.33. The number of ether oxygens (including phenoxy) is 3. The summed E-state index contributed by atoms with van der Waals surface area (Å²) in [6, 6.07) is 3.69. The van der Waals surface area contributed by atoms with E-state index in [0.717, 1.165) is 30.2 Å². The van der Waals surface area contributed by atoms with Gasteiger partial charge in [0.15, 0.2) is 11.4 Å². The van der Waals surface area contributed by atoms with Crippen molar-refractivity contribution in [1.82, 2.24) is 24.4 Å². The van der Waals surface area contributed by atoms with Crippen molar-refractivity contribution in [3.05, 3.63) is 42.5 Å². The summed E-state index contributed by atoms with van der Waals surface area (Å²) >= 11 is 0. The number of nitrogens with one attached hydrogen (secondary N) is 1. The monoisotopic (exact) mass is 476 g/mol. The summed E-state index contributed by atoms with van der Waals surface area (Å²) in [6.45, 7) is 6.70. The van der Waals surface area contributed by atoms with Crippen molar-refractivity contribution in [2.75, 3.05) is 19.0 Å². The maximum absolute atomic E-state index is 13.4. The van der Waals surface area contributed by atoms with Crippen LogP contribution in [0.1, 0.15) is 50.4 Å². The summed E-state index contributed by atoms with van der Waals surface area (Å²) < 4.78 is 20.9. The predicted octanol–water partition coefficient (Wildman–Crippen LogP) is 3.80. The van der Waals surface area contributed by atoms with Gasteiger partial charge in [-0.3, -0.25) is 9.48 Å². The van der Waals surface area contributed by atoms with Crippen molar-refractivity contribution in [3.8, 4) is 11.5 Å². The quantitative estimate of drug-likeness (QED) is 0.451. The normalized spacial score (nSPS) is 23.5. The molecule has 3 aromatic heterocycles. The minimum Gasteiger partial charge on any atom is -0.494 e. The van der Waals surface area contributed by atoms with E-state index in [0.29, 0.717) is 35.0 Å². The summed E-state index contributed by atoms with van der Waals surface area (Å²) in [5.74, 6) is 0.750. The van der Waals surface area contributed by atoms with Gasteiger partial charge in [-0.05, 0) is 39.7 Å². The maximum Gasteiger partial charge on any atom is 0.259 e. The zero-order chi connectivity index (χ0) is 24.4. The van der Waals surface area contributed by atoms with Crippen molar-refractivity contribution >= 4 is 28.1 Å². The Bertz CT molecular complexity index is 1450. The predicted molar refractivity (Wildman–Crippen MR) is 129 cm³/mol. The molecule has 182 valence electrons. The minimum atomic E-state index is -0.307. The Hall–Kier alpha value is -3.66. The molecule has 1 amide bonds. The van der Waals surface area contributed by atoms with Crippen molar-refractivity contribution in [3.63, 3.8) is 0 Å². The molecule has 6 rings (SSSR count). The van der Waals surface area contributed by atoms with Gasteiger partial charge in [0.05, 0.1) is 60.6 Å². The molecular weight excluding hydrogens is 448 g/mol. The minimum absolute atomic E-state index is 0.0679. The standard InChI is InChI=1S/C25H28N6O4/c1-15(2)35-21-8-19-16(11-31(29-19)25-6-5-24(3,13-25)34-14-25)7-18(21)23(32)28-20-10-27-30-12-17(33-4)9-26-22(20)30/h7-12,15H,5-6,13-14H2,1-4H3,(H,28,32)/t24-,25-/m1/s1. The van der Waals surface area contributed by atoms with Crippen molar-refractivity contribution in [1.29, 1.82) is 0 Å². The molecule has 2 aliphatic rings. The van der Waals surface area contributed by atoms with Gasteiger partial charge in [-0.25, -0.2) is 9.50 Å². The molecule has 1 aromatic carbocycles. The van der Waals surface area contributed by atoms with E-state index in [-0.39, 0.29) is 23.2 Å². The lowest BCUT2D eigenvalue weighted by Gasteiger charge is -2.26. The molecule has 35 heavy (non-hydrogen) atoms. The number of aromatic nitrogens is 5. The Labute approximate surface area is 202 Å². The molecular formula is C25H28N6O4. The van der Waals surface area contributed by atoms with E-state index in [2.05, 4.69) is 22.3 Å². The van der Waals surface area contributed by atoms with Gasteiger partial charge in [0, 0.05) is 24.1 Å². The number of fused-ring (bicyclic) bond motifs is 4. The molecule has 0 spiro atoms. The molecule has 10 nitrogen and oxygen atoms in total. The molecule has 2 fully saturated rings. The number of carbonyl (C=O) groups is 1. The van der Waals surface area contributed by atoms with Gasteiger partial charge in [0.1, 0.15) is 11.4 Å². The van der Waals surface area contributed by atoms with E-state index in [1.165, 1.54) is 0 Å². The zero-order valence-electron chi connectivity index (χ0n) is 20.2. The number of benzene rings is 1. The van der Waals surface area contributed by atoms with Gasteiger partial charge in [0.2, 0.25) is 0 Å². The number of anilines is 1. The van der Waals surface area contributed by atoms with Gasteiger partial charge in [-0.2, -0.15) is 10.2 Å². The molecule has 1 saturated carbocycles. The second kappa shape index (κ2) is 7.67. The number of carbonyl (C=O) groups excluding carboxylic acids is 1. The third-order valence-electron chi connectivity index (χ3n) is 7.03. The summed E-state index contributed by atoms with van der Waals surface area (Å²) in [4.78, 5) is 17.8. The fourth-order valence-corrected chi connectivity index (χ4v) is 5.25. The van der Waals surface area contributed by atoms with Crippen molar-refractivity contribution in [2.24, 2.45) is 0 Å². The second-order valence-corrected chi connectivity index (χ2v) is 10.1. The lowest BCUT2D eigenvalue weighted by atomic mass is 9.99. The Morgan fingerprint density at radius 2 is 2.09 bits per heavy atom. The molecule has 4 aromatic rings. The zero-order valence-corrected chi connectivity index (χ0v) is 20.2. The van der Waals surface area contributed by atoms with Gasteiger partial charge in [-0.1, -0.05) is 0 Å². The number of methoxy groups -OCH3 is 1. The second-order valence-electron chi connectivity index (χ2n) is 10.1. The van der Waals surface area contributed by atoms with E-state index in [1.807, 2.05) is 36.9 Å². The summed E-state index contributed by atoms with van der Waals surface area (Å²) in [6.07, 6.45) is 9.77. The van der Waals surface area contributed by atoms with Crippen LogP contribution in [0, 0.1) is 0 Å². The summed E-state index contributed by atoms with van der Waals surface area (Å²) in [5.41, 5.74) is 2.03. The molecule has 1 saturated heterocycles. The number of nitrogens with zero attached hydrogens (tertiary/aromatic N) is 5. The highest BCUT2D eigenvalue weighted by atomic mass is 16.5. The van der Waals surface area contributed by atoms with Gasteiger partial charge in [-0.15, -0.1) is 0 Å². The SMILES string of the molecule is COc1cnc2c(NC(=O)c3cc4cn([C@]56CC[C@](C)(C5)OC6)nc4cc3OC(C)C)cnn2c1. The first-order valence-corrected chi connectivity index (χ1v) is 11.8. The molecule has 1 aliphatic carbocycles. The van der Waals surface area contributed by atoms with E-state index >= 15 is 0 Å². The molecule has 4 heterocycles. The van der Waals surface area contributed by atoms with E-state index < -0.39 is 0 Å². The fraction of sp³-hybridized carbons (Fsp3) is 0.440. The number of hydrogen-bond acceptors (Lipinski definition) is 7. The number of rotatable bonds is 6. The molecule has 0 radical (unpaired) electrons. The van der Waals surface area contributed by atoms with Gasteiger partial charge in [0.25, 0.3) is 5.91 Å². The number of amides is 1. The molecule has 2 atom stereocenters. The smallest absolute Gasteiger partial charge is 0.259 e. The van der Waals surface area contributed by atoms with E-state index in [9.17, 15) is 4.79 Å². The van der Waals surface area contributed by atoms with Crippen LogP contribution in [-0.2, 0) is 10.3 Å². The molecule has 0 unspecified atom stereocenters. The van der Waals surface area contributed by atoms with Crippen LogP contribution in [0.5, 0.6) is 11.5 Å². The van der Waals surface area contributed by atoms with E-state index in [4.69, 9.17) is 19.3 Å². The molecule has 1 aliphatic heterocycles. The Morgan fingerprint density at radius 1 is 1.23 bits per heavy atom. The lowest BCUT2D eigenvalue weighted by molar-refractivity contribution is -0.0149. The van der Waals surface area contributed by atoms with Crippen LogP contribution >= 0.6 is 0 Å². The van der Waals surface area contributed by atoms with Crippen LogP contribution < -0.4 is 14.8 Å². The van der Waals surface area contributed by atoms with Crippen LogP contribution in [0.3, 0.4) is 0 Å². The largest absolute Gasteiger partial charge is 0.494 e. The fourth-order valence-electron chi connectivity index (χ4n) is 5.25. The molecule has 1 N–H and O–H groups in total. The third-order valence-corrected chi connectivity index (χ3v) is 7.03. The highest BCUT2D eigenvalue weighted by Gasteiger charge is 2.54. The summed E-state index contributed by atoms with van der Waals surface area (Å²) in [5, 5.41) is 13.0. The average molecular weight is 477 g/mol. The van der Waals surface area contributed by atoms with Crippen LogP contribution in [0.25, 0.3) is 16.6 Å². The highest BCUT2D eigenvalue weighted by Crippen LogP contribution is 2.51. The topological polar surface area (TPSA) is 105 Å². The first-order valence-electron chi connectivity index (χ1n) is 11.8. The number of hydrogen-bond donors (Lipinski definition) is 1. The molecule has 2 bridgehead atoms. The van der Waals surface area contributed by atoms with E-state index in [1.54, 1.807) is 30.2 Å². The van der Waals surface area contributed by atoms with Gasteiger partial charge < -0.3 is 19.5 Å². The highest BCUT2D eigenvalue weighted by molar-refractivity contribution is 6.09. The Morgan fingerprint density at radius 3 is 2.77 bits per heavy atom. The van der Waals surface area contributed by atoms with Gasteiger partial charge >= 0.3 is 0 Å².